The van der Waals surface area contributed by atoms with Crippen molar-refractivity contribution in [3.63, 3.8) is 0 Å². The molecule has 0 amide bonds. The van der Waals surface area contributed by atoms with Crippen LogP contribution in [0.15, 0.2) is 0 Å². The number of piperidine rings is 1. The fraction of sp³-hybridized carbons (Fsp3) is 0.800. The van der Waals surface area contributed by atoms with Crippen LogP contribution in [-0.2, 0) is 0 Å². The zero-order valence-electron chi connectivity index (χ0n) is 12.9. The lowest BCUT2D eigenvalue weighted by Gasteiger charge is -2.37. The molecule has 4 heteroatoms. The van der Waals surface area contributed by atoms with E-state index in [1.54, 1.807) is 0 Å². The molecule has 0 spiro atoms. The molecule has 1 N–H and O–H groups in total. The zero-order chi connectivity index (χ0) is 14.0. The van der Waals surface area contributed by atoms with Crippen molar-refractivity contribution in [2.24, 2.45) is 5.41 Å². The Morgan fingerprint density at radius 2 is 2.21 bits per heavy atom. The molecule has 3 nitrogen and oxygen atoms in total. The van der Waals surface area contributed by atoms with Gasteiger partial charge in [0.05, 0.1) is 5.69 Å². The van der Waals surface area contributed by atoms with Crippen molar-refractivity contribution in [2.45, 2.75) is 53.5 Å². The minimum atomic E-state index is 0.411. The van der Waals surface area contributed by atoms with Crippen molar-refractivity contribution in [1.29, 1.82) is 0 Å². The Balaban J connectivity index is 2.15. The summed E-state index contributed by atoms with van der Waals surface area (Å²) in [5, 5.41) is 4.70. The molecule has 1 aromatic heterocycles. The molecule has 1 aliphatic heterocycles. The van der Waals surface area contributed by atoms with Crippen molar-refractivity contribution in [3.05, 3.63) is 10.6 Å². The normalized spacial score (nSPS) is 20.6. The fourth-order valence-electron chi connectivity index (χ4n) is 2.92. The quantitative estimate of drug-likeness (QED) is 0.911. The van der Waals surface area contributed by atoms with E-state index in [2.05, 4.69) is 44.8 Å². The van der Waals surface area contributed by atoms with Gasteiger partial charge in [-0.1, -0.05) is 20.8 Å². The van der Waals surface area contributed by atoms with Crippen molar-refractivity contribution in [1.82, 2.24) is 10.3 Å². The lowest BCUT2D eigenvalue weighted by atomic mass is 9.84. The van der Waals surface area contributed by atoms with E-state index in [1.807, 2.05) is 11.3 Å². The summed E-state index contributed by atoms with van der Waals surface area (Å²) in [5.74, 6) is 0. The van der Waals surface area contributed by atoms with Crippen molar-refractivity contribution in [3.8, 4) is 0 Å². The molecule has 0 radical (unpaired) electrons. The molecular weight excluding hydrogens is 254 g/mol. The smallest absolute Gasteiger partial charge is 0.185 e. The standard InChI is InChI=1S/C15H27N3S/c1-6-16-11(2)13-12(3)17-14(19-13)18-9-7-8-15(4,5)10-18/h11,16H,6-10H2,1-5H3. The number of nitrogens with one attached hydrogen (secondary N) is 1. The Labute approximate surface area is 121 Å². The molecular formula is C15H27N3S. The largest absolute Gasteiger partial charge is 0.348 e. The van der Waals surface area contributed by atoms with Gasteiger partial charge >= 0.3 is 0 Å². The third kappa shape index (κ3) is 3.48. The van der Waals surface area contributed by atoms with Crippen LogP contribution in [0.4, 0.5) is 5.13 Å². The Morgan fingerprint density at radius 1 is 1.47 bits per heavy atom. The van der Waals surface area contributed by atoms with E-state index in [-0.39, 0.29) is 0 Å². The topological polar surface area (TPSA) is 28.2 Å². The van der Waals surface area contributed by atoms with E-state index < -0.39 is 0 Å². The second kappa shape index (κ2) is 5.80. The van der Waals surface area contributed by atoms with E-state index >= 15 is 0 Å². The SMILES string of the molecule is CCNC(C)c1sc(N2CCCC(C)(C)C2)nc1C. The molecule has 0 saturated carbocycles. The highest BCUT2D eigenvalue weighted by Crippen LogP contribution is 2.36. The van der Waals surface area contributed by atoms with E-state index in [9.17, 15) is 0 Å². The highest BCUT2D eigenvalue weighted by molar-refractivity contribution is 7.15. The molecule has 1 unspecified atom stereocenters. The molecule has 0 bridgehead atoms. The minimum Gasteiger partial charge on any atom is -0.348 e. The lowest BCUT2D eigenvalue weighted by molar-refractivity contribution is 0.293. The Hall–Kier alpha value is -0.610. The molecule has 1 fully saturated rings. The van der Waals surface area contributed by atoms with E-state index in [0.717, 1.165) is 19.6 Å². The summed E-state index contributed by atoms with van der Waals surface area (Å²) >= 11 is 1.87. The lowest BCUT2D eigenvalue weighted by Crippen LogP contribution is -2.40. The number of aryl methyl sites for hydroxylation is 1. The molecule has 1 aromatic rings. The van der Waals surface area contributed by atoms with Crippen LogP contribution in [0.1, 0.15) is 57.1 Å². The summed E-state index contributed by atoms with van der Waals surface area (Å²) in [6.07, 6.45) is 2.61. The van der Waals surface area contributed by atoms with Gasteiger partial charge < -0.3 is 10.2 Å². The zero-order valence-corrected chi connectivity index (χ0v) is 13.7. The van der Waals surface area contributed by atoms with Crippen LogP contribution >= 0.6 is 11.3 Å². The fourth-order valence-corrected chi connectivity index (χ4v) is 4.03. The van der Waals surface area contributed by atoms with E-state index in [1.165, 1.54) is 28.5 Å². The van der Waals surface area contributed by atoms with Crippen LogP contribution in [0, 0.1) is 12.3 Å². The van der Waals surface area contributed by atoms with Crippen LogP contribution < -0.4 is 10.2 Å². The molecule has 1 saturated heterocycles. The van der Waals surface area contributed by atoms with Crippen molar-refractivity contribution in [2.75, 3.05) is 24.5 Å². The first-order valence-corrected chi connectivity index (χ1v) is 8.20. The molecule has 1 aliphatic rings. The molecule has 2 rings (SSSR count). The number of hydrogen-bond acceptors (Lipinski definition) is 4. The molecule has 19 heavy (non-hydrogen) atoms. The van der Waals surface area contributed by atoms with E-state index in [4.69, 9.17) is 4.98 Å². The van der Waals surface area contributed by atoms with Gasteiger partial charge in [0.1, 0.15) is 0 Å². The van der Waals surface area contributed by atoms with Crippen LogP contribution in [0.25, 0.3) is 0 Å². The number of aromatic nitrogens is 1. The number of rotatable bonds is 4. The Bertz CT molecular complexity index is 425. The predicted octanol–water partition coefficient (Wildman–Crippen LogP) is 3.75. The van der Waals surface area contributed by atoms with Crippen LogP contribution in [0.3, 0.4) is 0 Å². The predicted molar refractivity (Wildman–Crippen MR) is 84.2 cm³/mol. The Kier molecular flexibility index (Phi) is 4.51. The summed E-state index contributed by atoms with van der Waals surface area (Å²) in [6.45, 7) is 14.5. The van der Waals surface area contributed by atoms with Gasteiger partial charge in [-0.2, -0.15) is 0 Å². The molecule has 2 heterocycles. The second-order valence-corrected chi connectivity index (χ2v) is 7.42. The van der Waals surface area contributed by atoms with Crippen molar-refractivity contribution < 1.29 is 0 Å². The van der Waals surface area contributed by atoms with Gasteiger partial charge in [-0.15, -0.1) is 11.3 Å². The average Bonchev–Trinajstić information content (AvgIpc) is 2.70. The first-order valence-electron chi connectivity index (χ1n) is 7.38. The summed E-state index contributed by atoms with van der Waals surface area (Å²) in [5.41, 5.74) is 1.61. The number of thiazole rings is 1. The molecule has 108 valence electrons. The van der Waals surface area contributed by atoms with Gasteiger partial charge in [-0.05, 0) is 38.6 Å². The summed E-state index contributed by atoms with van der Waals surface area (Å²) in [6, 6.07) is 0.411. The number of anilines is 1. The molecule has 0 aliphatic carbocycles. The Morgan fingerprint density at radius 3 is 2.84 bits per heavy atom. The third-order valence-corrected chi connectivity index (χ3v) is 5.30. The van der Waals surface area contributed by atoms with E-state index in [0.29, 0.717) is 11.5 Å². The highest BCUT2D eigenvalue weighted by atomic mass is 32.1. The number of hydrogen-bond donors (Lipinski definition) is 1. The second-order valence-electron chi connectivity index (χ2n) is 6.41. The van der Waals surface area contributed by atoms with Crippen LogP contribution in [-0.4, -0.2) is 24.6 Å². The van der Waals surface area contributed by atoms with Gasteiger partial charge in [0.2, 0.25) is 0 Å². The minimum absolute atomic E-state index is 0.411. The maximum Gasteiger partial charge on any atom is 0.185 e. The van der Waals surface area contributed by atoms with Gasteiger partial charge in [-0.3, -0.25) is 0 Å². The molecule has 1 atom stereocenters. The van der Waals surface area contributed by atoms with Crippen LogP contribution in [0.5, 0.6) is 0 Å². The highest BCUT2D eigenvalue weighted by Gasteiger charge is 2.28. The summed E-state index contributed by atoms with van der Waals surface area (Å²) in [4.78, 5) is 8.67. The monoisotopic (exact) mass is 281 g/mol. The first kappa shape index (κ1) is 14.8. The third-order valence-electron chi connectivity index (χ3n) is 3.90. The number of nitrogens with zero attached hydrogens (tertiary/aromatic N) is 2. The van der Waals surface area contributed by atoms with Gasteiger partial charge in [0, 0.05) is 24.0 Å². The summed E-state index contributed by atoms with van der Waals surface area (Å²) in [7, 11) is 0. The maximum absolute atomic E-state index is 4.81. The maximum atomic E-state index is 4.81. The van der Waals surface area contributed by atoms with Crippen molar-refractivity contribution >= 4 is 16.5 Å². The summed E-state index contributed by atoms with van der Waals surface area (Å²) < 4.78 is 0. The first-order chi connectivity index (χ1) is 8.93. The van der Waals surface area contributed by atoms with Crippen LogP contribution in [0.2, 0.25) is 0 Å². The molecule has 0 aromatic carbocycles. The van der Waals surface area contributed by atoms with Gasteiger partial charge in [0.25, 0.3) is 0 Å². The average molecular weight is 281 g/mol. The van der Waals surface area contributed by atoms with Gasteiger partial charge in [-0.25, -0.2) is 4.98 Å². The van der Waals surface area contributed by atoms with Gasteiger partial charge in [0.15, 0.2) is 5.13 Å².